The van der Waals surface area contributed by atoms with Gasteiger partial charge in [0.1, 0.15) is 12.4 Å². The van der Waals surface area contributed by atoms with Crippen molar-refractivity contribution < 1.29 is 17.9 Å². The summed E-state index contributed by atoms with van der Waals surface area (Å²) in [5, 5.41) is 9.09. The molecule has 2 aromatic rings. The topological polar surface area (TPSA) is 97.4 Å². The van der Waals surface area contributed by atoms with E-state index in [9.17, 15) is 13.2 Å². The van der Waals surface area contributed by atoms with Crippen LogP contribution in [0.25, 0.3) is 0 Å². The average molecular weight is 410 g/mol. The molecule has 146 valence electrons. The Hall–Kier alpha value is -1.97. The van der Waals surface area contributed by atoms with Crippen LogP contribution in [0.1, 0.15) is 36.4 Å². The summed E-state index contributed by atoms with van der Waals surface area (Å²) in [6.45, 7) is 3.65. The lowest BCUT2D eigenvalue weighted by atomic mass is 9.99. The third-order valence-corrected chi connectivity index (χ3v) is 6.49. The minimum Gasteiger partial charge on any atom is -0.485 e. The van der Waals surface area contributed by atoms with E-state index in [1.807, 2.05) is 5.38 Å². The minimum absolute atomic E-state index is 0.125. The number of hydrogen-bond acceptors (Lipinski definition) is 7. The summed E-state index contributed by atoms with van der Waals surface area (Å²) < 4.78 is 29.3. The maximum absolute atomic E-state index is 11.7. The predicted molar refractivity (Wildman–Crippen MR) is 105 cm³/mol. The zero-order valence-corrected chi connectivity index (χ0v) is 17.0. The Balaban J connectivity index is 1.73. The molecule has 1 amide bonds. The summed E-state index contributed by atoms with van der Waals surface area (Å²) >= 11 is 1.64. The van der Waals surface area contributed by atoms with Gasteiger partial charge in [-0.3, -0.25) is 4.79 Å². The first-order valence-electron chi connectivity index (χ1n) is 8.72. The molecule has 3 rings (SSSR count). The number of aromatic nitrogens is 1. The number of amides is 1. The molecule has 0 spiro atoms. The summed E-state index contributed by atoms with van der Waals surface area (Å²) in [7, 11) is -3.38. The largest absolute Gasteiger partial charge is 0.485 e. The predicted octanol–water partition coefficient (Wildman–Crippen LogP) is 2.55. The second-order valence-corrected chi connectivity index (χ2v) is 9.51. The summed E-state index contributed by atoms with van der Waals surface area (Å²) in [6.07, 6.45) is 3.30. The second kappa shape index (κ2) is 8.37. The lowest BCUT2D eigenvalue weighted by Crippen LogP contribution is -2.26. The van der Waals surface area contributed by atoms with Crippen LogP contribution in [0.5, 0.6) is 5.75 Å². The first-order valence-corrected chi connectivity index (χ1v) is 11.5. The number of sulfone groups is 1. The van der Waals surface area contributed by atoms with Gasteiger partial charge in [-0.25, -0.2) is 13.4 Å². The molecule has 7 nitrogen and oxygen atoms in total. The zero-order chi connectivity index (χ0) is 19.4. The van der Waals surface area contributed by atoms with Gasteiger partial charge in [0.25, 0.3) is 0 Å². The molecule has 2 heterocycles. The van der Waals surface area contributed by atoms with Crippen molar-refractivity contribution in [2.24, 2.45) is 0 Å². The molecule has 0 bridgehead atoms. The van der Waals surface area contributed by atoms with E-state index in [0.29, 0.717) is 17.4 Å². The Morgan fingerprint density at radius 3 is 2.78 bits per heavy atom. The number of hydrogen-bond donors (Lipinski definition) is 2. The molecule has 1 aromatic carbocycles. The van der Waals surface area contributed by atoms with Gasteiger partial charge in [-0.15, -0.1) is 11.3 Å². The van der Waals surface area contributed by atoms with E-state index >= 15 is 0 Å². The highest BCUT2D eigenvalue weighted by Crippen LogP contribution is 2.30. The van der Waals surface area contributed by atoms with E-state index < -0.39 is 9.84 Å². The maximum Gasteiger partial charge on any atom is 0.221 e. The number of carbonyl (C=O) groups is 1. The molecule has 0 aliphatic carbocycles. The molecule has 9 heteroatoms. The van der Waals surface area contributed by atoms with Crippen LogP contribution in [0, 0.1) is 0 Å². The Bertz CT molecular complexity index is 918. The summed E-state index contributed by atoms with van der Waals surface area (Å²) in [5.41, 5.74) is 1.16. The zero-order valence-electron chi connectivity index (χ0n) is 15.3. The number of benzene rings is 1. The third-order valence-electron chi connectivity index (χ3n) is 4.32. The van der Waals surface area contributed by atoms with E-state index in [1.54, 1.807) is 17.4 Å². The van der Waals surface area contributed by atoms with Crippen LogP contribution >= 0.6 is 11.3 Å². The second-order valence-electron chi connectivity index (χ2n) is 6.60. The van der Waals surface area contributed by atoms with Gasteiger partial charge in [-0.05, 0) is 44.1 Å². The molecular formula is C18H23N3O4S2. The number of anilines is 1. The van der Waals surface area contributed by atoms with Gasteiger partial charge in [-0.1, -0.05) is 0 Å². The van der Waals surface area contributed by atoms with Crippen molar-refractivity contribution in [1.82, 2.24) is 10.3 Å². The number of rotatable bonds is 6. The van der Waals surface area contributed by atoms with Crippen molar-refractivity contribution in [3.63, 3.8) is 0 Å². The lowest BCUT2D eigenvalue weighted by Gasteiger charge is -2.20. The quantitative estimate of drug-likeness (QED) is 0.761. The van der Waals surface area contributed by atoms with E-state index in [1.165, 1.54) is 19.1 Å². The minimum atomic E-state index is -3.38. The molecule has 1 aliphatic heterocycles. The summed E-state index contributed by atoms with van der Waals surface area (Å²) in [5.74, 6) is 0.607. The number of nitrogens with zero attached hydrogens (tertiary/aromatic N) is 1. The molecular weight excluding hydrogens is 386 g/mol. The van der Waals surface area contributed by atoms with Crippen molar-refractivity contribution in [1.29, 1.82) is 0 Å². The molecule has 0 radical (unpaired) electrons. The van der Waals surface area contributed by atoms with E-state index in [2.05, 4.69) is 15.6 Å². The van der Waals surface area contributed by atoms with Crippen LogP contribution in [-0.4, -0.2) is 38.7 Å². The fourth-order valence-electron chi connectivity index (χ4n) is 2.95. The van der Waals surface area contributed by atoms with Gasteiger partial charge >= 0.3 is 0 Å². The average Bonchev–Trinajstić information content (AvgIpc) is 3.09. The SMILES string of the molecule is CC(=O)Nc1cc(S(C)(=O)=O)ccc1OCc1csc(C2CCNCC2)n1. The van der Waals surface area contributed by atoms with Crippen LogP contribution in [0.4, 0.5) is 5.69 Å². The number of piperidine rings is 1. The van der Waals surface area contributed by atoms with Crippen molar-refractivity contribution in [2.75, 3.05) is 24.7 Å². The van der Waals surface area contributed by atoms with Crippen LogP contribution in [0.15, 0.2) is 28.5 Å². The number of ether oxygens (including phenoxy) is 1. The highest BCUT2D eigenvalue weighted by atomic mass is 32.2. The van der Waals surface area contributed by atoms with Crippen molar-refractivity contribution in [3.8, 4) is 5.75 Å². The molecule has 0 unspecified atom stereocenters. The molecule has 1 fully saturated rings. The molecule has 27 heavy (non-hydrogen) atoms. The first-order chi connectivity index (χ1) is 12.8. The Morgan fingerprint density at radius 2 is 2.11 bits per heavy atom. The van der Waals surface area contributed by atoms with E-state index in [-0.39, 0.29) is 17.4 Å². The van der Waals surface area contributed by atoms with E-state index in [0.717, 1.165) is 42.9 Å². The Kier molecular flexibility index (Phi) is 6.13. The van der Waals surface area contributed by atoms with Gasteiger partial charge < -0.3 is 15.4 Å². The van der Waals surface area contributed by atoms with Crippen molar-refractivity contribution in [2.45, 2.75) is 37.2 Å². The van der Waals surface area contributed by atoms with Crippen LogP contribution in [-0.2, 0) is 21.2 Å². The normalized spacial score (nSPS) is 15.5. The standard InChI is InChI=1S/C18H23N3O4S2/c1-12(22)20-16-9-15(27(2,23)24)3-4-17(16)25-10-14-11-26-18(21-14)13-5-7-19-8-6-13/h3-4,9,11,13,19H,5-8,10H2,1-2H3,(H,20,22). The summed E-state index contributed by atoms with van der Waals surface area (Å²) in [6, 6.07) is 4.44. The molecule has 1 saturated heterocycles. The molecule has 1 aromatic heterocycles. The first kappa shape index (κ1) is 19.8. The fraction of sp³-hybridized carbons (Fsp3) is 0.444. The number of thiazole rings is 1. The lowest BCUT2D eigenvalue weighted by molar-refractivity contribution is -0.114. The van der Waals surface area contributed by atoms with Crippen LogP contribution < -0.4 is 15.4 Å². The Labute approximate surface area is 163 Å². The molecule has 0 atom stereocenters. The van der Waals surface area contributed by atoms with Gasteiger partial charge in [-0.2, -0.15) is 0 Å². The molecule has 0 saturated carbocycles. The molecule has 1 aliphatic rings. The Morgan fingerprint density at radius 1 is 1.37 bits per heavy atom. The molecule has 2 N–H and O–H groups in total. The highest BCUT2D eigenvalue weighted by Gasteiger charge is 2.19. The van der Waals surface area contributed by atoms with Crippen molar-refractivity contribution >= 4 is 32.8 Å². The summed E-state index contributed by atoms with van der Waals surface area (Å²) in [4.78, 5) is 16.3. The smallest absolute Gasteiger partial charge is 0.221 e. The van der Waals surface area contributed by atoms with Crippen LogP contribution in [0.2, 0.25) is 0 Å². The number of carbonyl (C=O) groups excluding carboxylic acids is 1. The van der Waals surface area contributed by atoms with Gasteiger partial charge in [0.15, 0.2) is 9.84 Å². The third kappa shape index (κ3) is 5.27. The van der Waals surface area contributed by atoms with Crippen molar-refractivity contribution in [3.05, 3.63) is 34.3 Å². The highest BCUT2D eigenvalue weighted by molar-refractivity contribution is 7.90. The van der Waals surface area contributed by atoms with E-state index in [4.69, 9.17) is 4.74 Å². The maximum atomic E-state index is 11.7. The monoisotopic (exact) mass is 409 g/mol. The fourth-order valence-corrected chi connectivity index (χ4v) is 4.57. The van der Waals surface area contributed by atoms with Crippen LogP contribution in [0.3, 0.4) is 0 Å². The van der Waals surface area contributed by atoms with Gasteiger partial charge in [0.2, 0.25) is 5.91 Å². The number of nitrogens with one attached hydrogen (secondary N) is 2. The van der Waals surface area contributed by atoms with Gasteiger partial charge in [0, 0.05) is 24.5 Å². The van der Waals surface area contributed by atoms with Gasteiger partial charge in [0.05, 0.1) is 21.3 Å².